The maximum Gasteiger partial charge on any atom is 0.118 e. The molecule has 2 heterocycles. The van der Waals surface area contributed by atoms with Crippen LogP contribution in [0.2, 0.25) is 0 Å². The summed E-state index contributed by atoms with van der Waals surface area (Å²) in [4.78, 5) is 0. The zero-order valence-corrected chi connectivity index (χ0v) is 16.3. The molecule has 0 saturated carbocycles. The number of benzene rings is 2. The molecule has 28 heavy (non-hydrogen) atoms. The normalized spacial score (nSPS) is 17.9. The van der Waals surface area contributed by atoms with E-state index in [4.69, 9.17) is 9.47 Å². The van der Waals surface area contributed by atoms with Gasteiger partial charge in [0.1, 0.15) is 5.75 Å². The lowest BCUT2D eigenvalue weighted by Gasteiger charge is -2.18. The predicted octanol–water partition coefficient (Wildman–Crippen LogP) is 3.45. The van der Waals surface area contributed by atoms with Gasteiger partial charge in [-0.1, -0.05) is 18.2 Å². The van der Waals surface area contributed by atoms with Crippen molar-refractivity contribution in [2.24, 2.45) is 0 Å². The topological polar surface area (TPSA) is 55.7 Å². The maximum atomic E-state index is 10.7. The smallest absolute Gasteiger partial charge is 0.118 e. The largest absolute Gasteiger partial charge is 0.497 e. The maximum absolute atomic E-state index is 10.7. The van der Waals surface area contributed by atoms with E-state index in [2.05, 4.69) is 40.2 Å². The van der Waals surface area contributed by atoms with Gasteiger partial charge in [-0.2, -0.15) is 0 Å². The summed E-state index contributed by atoms with van der Waals surface area (Å²) in [5.41, 5.74) is 3.34. The van der Waals surface area contributed by atoms with E-state index in [1.807, 2.05) is 24.3 Å². The number of hydrogen-bond acceptors (Lipinski definition) is 4. The summed E-state index contributed by atoms with van der Waals surface area (Å²) in [7, 11) is 1.67. The third-order valence-corrected chi connectivity index (χ3v) is 5.37. The van der Waals surface area contributed by atoms with E-state index < -0.39 is 6.10 Å². The van der Waals surface area contributed by atoms with Gasteiger partial charge in [-0.25, -0.2) is 0 Å². The van der Waals surface area contributed by atoms with Gasteiger partial charge in [-0.15, -0.1) is 0 Å². The Morgan fingerprint density at radius 1 is 1.21 bits per heavy atom. The fraction of sp³-hybridized carbons (Fsp3) is 0.391. The molecule has 0 bridgehead atoms. The predicted molar refractivity (Wildman–Crippen MR) is 112 cm³/mol. The van der Waals surface area contributed by atoms with Crippen molar-refractivity contribution in [3.8, 4) is 17.0 Å². The molecular weight excluding hydrogens is 352 g/mol. The zero-order chi connectivity index (χ0) is 19.3. The number of hydrogen-bond donors (Lipinski definition) is 2. The van der Waals surface area contributed by atoms with Crippen LogP contribution >= 0.6 is 0 Å². The minimum Gasteiger partial charge on any atom is -0.497 e. The number of aromatic nitrogens is 1. The van der Waals surface area contributed by atoms with Crippen molar-refractivity contribution in [1.82, 2.24) is 9.88 Å². The lowest BCUT2D eigenvalue weighted by Crippen LogP contribution is -2.35. The van der Waals surface area contributed by atoms with Gasteiger partial charge in [0.2, 0.25) is 0 Å². The molecule has 1 fully saturated rings. The molecule has 0 spiro atoms. The molecular formula is C23H28N2O3. The van der Waals surface area contributed by atoms with Crippen molar-refractivity contribution in [2.45, 2.75) is 31.6 Å². The van der Waals surface area contributed by atoms with Crippen molar-refractivity contribution >= 4 is 10.9 Å². The second-order valence-electron chi connectivity index (χ2n) is 7.37. The molecule has 0 unspecified atom stereocenters. The first kappa shape index (κ1) is 19.0. The standard InChI is InChI=1S/C23H28N2O3/c1-27-20-10-8-17(9-11-20)23-13-18-5-2-3-7-22(18)25(23)16-19(26)14-24-15-21-6-4-12-28-21/h2-3,5,7-11,13,19,21,24,26H,4,6,12,14-16H2,1H3/t19-,21-/m1/s1. The van der Waals surface area contributed by atoms with Crippen molar-refractivity contribution in [3.05, 3.63) is 54.6 Å². The van der Waals surface area contributed by atoms with Gasteiger partial charge < -0.3 is 24.5 Å². The Labute approximate surface area is 165 Å². The fourth-order valence-electron chi connectivity index (χ4n) is 3.90. The molecule has 0 amide bonds. The highest BCUT2D eigenvalue weighted by molar-refractivity contribution is 5.87. The van der Waals surface area contributed by atoms with E-state index in [0.29, 0.717) is 13.1 Å². The van der Waals surface area contributed by atoms with E-state index in [-0.39, 0.29) is 6.10 Å². The quantitative estimate of drug-likeness (QED) is 0.629. The Morgan fingerprint density at radius 2 is 2.04 bits per heavy atom. The molecule has 0 aliphatic carbocycles. The van der Waals surface area contributed by atoms with Crippen LogP contribution in [0.25, 0.3) is 22.2 Å². The summed E-state index contributed by atoms with van der Waals surface area (Å²) in [6.07, 6.45) is 2.05. The number of nitrogens with one attached hydrogen (secondary N) is 1. The lowest BCUT2D eigenvalue weighted by atomic mass is 10.1. The SMILES string of the molecule is COc1ccc(-c2cc3ccccc3n2C[C@H](O)CNC[C@H]2CCCO2)cc1. The van der Waals surface area contributed by atoms with Crippen molar-refractivity contribution in [2.75, 3.05) is 26.8 Å². The summed E-state index contributed by atoms with van der Waals surface area (Å²) in [6.45, 7) is 2.74. The second-order valence-corrected chi connectivity index (χ2v) is 7.37. The minimum atomic E-state index is -0.478. The minimum absolute atomic E-state index is 0.287. The van der Waals surface area contributed by atoms with Crippen LogP contribution in [0.1, 0.15) is 12.8 Å². The van der Waals surface area contributed by atoms with Gasteiger partial charge in [0.15, 0.2) is 0 Å². The van der Waals surface area contributed by atoms with Gasteiger partial charge in [-0.3, -0.25) is 0 Å². The number of nitrogens with zero attached hydrogens (tertiary/aromatic N) is 1. The third kappa shape index (κ3) is 4.22. The van der Waals surface area contributed by atoms with E-state index >= 15 is 0 Å². The van der Waals surface area contributed by atoms with Crippen LogP contribution in [0.4, 0.5) is 0 Å². The van der Waals surface area contributed by atoms with Crippen LogP contribution in [-0.2, 0) is 11.3 Å². The highest BCUT2D eigenvalue weighted by atomic mass is 16.5. The van der Waals surface area contributed by atoms with Crippen LogP contribution in [0.3, 0.4) is 0 Å². The van der Waals surface area contributed by atoms with Crippen molar-refractivity contribution in [1.29, 1.82) is 0 Å². The second kappa shape index (κ2) is 8.78. The molecule has 1 aromatic heterocycles. The number of fused-ring (bicyclic) bond motifs is 1. The average Bonchev–Trinajstić information content (AvgIpc) is 3.36. The Kier molecular flexibility index (Phi) is 5.95. The summed E-state index contributed by atoms with van der Waals surface area (Å²) in [6, 6.07) is 18.5. The molecule has 3 aromatic rings. The van der Waals surface area contributed by atoms with Gasteiger partial charge in [-0.05, 0) is 54.8 Å². The van der Waals surface area contributed by atoms with Gasteiger partial charge in [0, 0.05) is 36.3 Å². The van der Waals surface area contributed by atoms with Crippen LogP contribution in [0, 0.1) is 0 Å². The first-order valence-corrected chi connectivity index (χ1v) is 9.97. The summed E-state index contributed by atoms with van der Waals surface area (Å²) in [5.74, 6) is 0.838. The highest BCUT2D eigenvalue weighted by Gasteiger charge is 2.17. The third-order valence-electron chi connectivity index (χ3n) is 5.37. The number of aliphatic hydroxyl groups excluding tert-OH is 1. The van der Waals surface area contributed by atoms with Crippen LogP contribution in [-0.4, -0.2) is 48.7 Å². The highest BCUT2D eigenvalue weighted by Crippen LogP contribution is 2.29. The van der Waals surface area contributed by atoms with Crippen LogP contribution < -0.4 is 10.1 Å². The molecule has 5 heteroatoms. The molecule has 1 aliphatic rings. The Morgan fingerprint density at radius 3 is 2.79 bits per heavy atom. The summed E-state index contributed by atoms with van der Waals surface area (Å²) >= 11 is 0. The lowest BCUT2D eigenvalue weighted by molar-refractivity contribution is 0.101. The monoisotopic (exact) mass is 380 g/mol. The number of methoxy groups -OCH3 is 1. The van der Waals surface area contributed by atoms with E-state index in [0.717, 1.165) is 48.5 Å². The molecule has 1 aliphatic heterocycles. The molecule has 1 saturated heterocycles. The first-order chi connectivity index (χ1) is 13.7. The van der Waals surface area contributed by atoms with Crippen molar-refractivity contribution in [3.63, 3.8) is 0 Å². The molecule has 2 atom stereocenters. The van der Waals surface area contributed by atoms with Crippen LogP contribution in [0.5, 0.6) is 5.75 Å². The summed E-state index contributed by atoms with van der Waals surface area (Å²) in [5, 5.41) is 15.2. The van der Waals surface area contributed by atoms with E-state index in [1.165, 1.54) is 5.39 Å². The fourth-order valence-corrected chi connectivity index (χ4v) is 3.90. The Bertz CT molecular complexity index is 898. The molecule has 0 radical (unpaired) electrons. The number of ether oxygens (including phenoxy) is 2. The van der Waals surface area contributed by atoms with Gasteiger partial charge >= 0.3 is 0 Å². The summed E-state index contributed by atoms with van der Waals surface area (Å²) < 4.78 is 13.1. The van der Waals surface area contributed by atoms with Gasteiger partial charge in [0.05, 0.1) is 25.9 Å². The Balaban J connectivity index is 1.52. The first-order valence-electron chi connectivity index (χ1n) is 9.97. The zero-order valence-electron chi connectivity index (χ0n) is 16.3. The Hall–Kier alpha value is -2.34. The molecule has 2 aromatic carbocycles. The molecule has 2 N–H and O–H groups in total. The van der Waals surface area contributed by atoms with Crippen LogP contribution in [0.15, 0.2) is 54.6 Å². The number of rotatable bonds is 8. The molecule has 4 rings (SSSR count). The molecule has 5 nitrogen and oxygen atoms in total. The van der Waals surface area contributed by atoms with E-state index in [1.54, 1.807) is 7.11 Å². The molecule has 148 valence electrons. The number of aliphatic hydroxyl groups is 1. The average molecular weight is 380 g/mol. The van der Waals surface area contributed by atoms with Gasteiger partial charge in [0.25, 0.3) is 0 Å². The van der Waals surface area contributed by atoms with E-state index in [9.17, 15) is 5.11 Å². The number of para-hydroxylation sites is 1. The van der Waals surface area contributed by atoms with Crippen molar-refractivity contribution < 1.29 is 14.6 Å².